The number of aromatic nitrogens is 4. The van der Waals surface area contributed by atoms with Gasteiger partial charge < -0.3 is 9.64 Å². The Hall–Kier alpha value is -2.96. The van der Waals surface area contributed by atoms with Crippen molar-refractivity contribution in [3.05, 3.63) is 48.4 Å². The summed E-state index contributed by atoms with van der Waals surface area (Å²) in [6.07, 6.45) is 5.59. The number of nitrogens with zero attached hydrogens (tertiary/aromatic N) is 5. The van der Waals surface area contributed by atoms with Crippen LogP contribution in [0.1, 0.15) is 18.4 Å². The molecule has 0 unspecified atom stereocenters. The number of carbonyl (C=O) groups excluding carboxylic acids is 1. The largest absolute Gasteiger partial charge is 0.468 e. The predicted octanol–water partition coefficient (Wildman–Crippen LogP) is 2.17. The minimum absolute atomic E-state index is 0.0402. The van der Waals surface area contributed by atoms with Crippen LogP contribution in [0.15, 0.2) is 42.9 Å². The number of rotatable bonds is 6. The van der Waals surface area contributed by atoms with E-state index in [0.29, 0.717) is 11.7 Å². The molecule has 7 heteroatoms. The van der Waals surface area contributed by atoms with Crippen LogP contribution in [0, 0.1) is 0 Å². The highest BCUT2D eigenvalue weighted by molar-refractivity contribution is 5.87. The van der Waals surface area contributed by atoms with E-state index in [4.69, 9.17) is 4.74 Å². The van der Waals surface area contributed by atoms with Crippen LogP contribution in [-0.2, 0) is 22.6 Å². The van der Waals surface area contributed by atoms with E-state index in [1.165, 1.54) is 19.0 Å². The van der Waals surface area contributed by atoms with Crippen molar-refractivity contribution in [3.63, 3.8) is 0 Å². The summed E-state index contributed by atoms with van der Waals surface area (Å²) in [6.45, 7) is 0.832. The van der Waals surface area contributed by atoms with Crippen LogP contribution in [0.25, 0.3) is 11.0 Å². The van der Waals surface area contributed by atoms with Crippen molar-refractivity contribution < 1.29 is 9.53 Å². The first-order valence-electron chi connectivity index (χ1n) is 8.30. The molecule has 0 N–H and O–H groups in total. The molecule has 1 saturated carbocycles. The first-order valence-corrected chi connectivity index (χ1v) is 8.30. The van der Waals surface area contributed by atoms with Crippen LogP contribution in [0.5, 0.6) is 0 Å². The third kappa shape index (κ3) is 3.17. The van der Waals surface area contributed by atoms with Crippen molar-refractivity contribution in [1.82, 2.24) is 19.7 Å². The second-order valence-corrected chi connectivity index (χ2v) is 6.16. The van der Waals surface area contributed by atoms with E-state index >= 15 is 0 Å². The molecule has 1 aromatic carbocycles. The van der Waals surface area contributed by atoms with Crippen molar-refractivity contribution in [2.45, 2.75) is 32.0 Å². The van der Waals surface area contributed by atoms with Crippen LogP contribution in [-0.4, -0.2) is 38.9 Å². The highest BCUT2D eigenvalue weighted by Crippen LogP contribution is 2.35. The molecule has 0 spiro atoms. The topological polar surface area (TPSA) is 73.1 Å². The van der Waals surface area contributed by atoms with Crippen molar-refractivity contribution in [1.29, 1.82) is 0 Å². The predicted molar refractivity (Wildman–Crippen MR) is 93.0 cm³/mol. The van der Waals surface area contributed by atoms with Gasteiger partial charge in [0.25, 0.3) is 0 Å². The number of ether oxygens (including phenoxy) is 1. The second-order valence-electron chi connectivity index (χ2n) is 6.16. The van der Waals surface area contributed by atoms with Crippen LogP contribution in [0.4, 0.5) is 5.82 Å². The lowest BCUT2D eigenvalue weighted by Gasteiger charge is -2.24. The van der Waals surface area contributed by atoms with Gasteiger partial charge in [-0.25, -0.2) is 14.6 Å². The van der Waals surface area contributed by atoms with Crippen LogP contribution >= 0.6 is 0 Å². The highest BCUT2D eigenvalue weighted by Gasteiger charge is 2.31. The van der Waals surface area contributed by atoms with Gasteiger partial charge in [-0.1, -0.05) is 30.3 Å². The molecule has 2 aromatic heterocycles. The Labute approximate surface area is 145 Å². The summed E-state index contributed by atoms with van der Waals surface area (Å²) in [6, 6.07) is 10.8. The van der Waals surface area contributed by atoms with E-state index < -0.39 is 0 Å². The Morgan fingerprint density at radius 3 is 2.80 bits per heavy atom. The van der Waals surface area contributed by atoms with Gasteiger partial charge >= 0.3 is 5.97 Å². The van der Waals surface area contributed by atoms with Crippen molar-refractivity contribution in [2.24, 2.45) is 0 Å². The first kappa shape index (κ1) is 15.6. The van der Waals surface area contributed by atoms with Gasteiger partial charge in [0, 0.05) is 12.6 Å². The smallest absolute Gasteiger partial charge is 0.327 e. The number of hydrogen-bond donors (Lipinski definition) is 0. The van der Waals surface area contributed by atoms with Crippen LogP contribution in [0.3, 0.4) is 0 Å². The number of methoxy groups -OCH3 is 1. The summed E-state index contributed by atoms with van der Waals surface area (Å²) in [5.41, 5.74) is 1.89. The zero-order valence-electron chi connectivity index (χ0n) is 14.0. The lowest BCUT2D eigenvalue weighted by Crippen LogP contribution is -2.26. The van der Waals surface area contributed by atoms with Crippen LogP contribution in [0.2, 0.25) is 0 Å². The molecular weight excluding hydrogens is 318 g/mol. The lowest BCUT2D eigenvalue weighted by atomic mass is 10.2. The SMILES string of the molecule is COC(=O)Cn1ncc2c(N(Cc3ccccc3)C3CC3)ncnc21. The molecule has 4 rings (SSSR count). The molecule has 0 radical (unpaired) electrons. The molecule has 128 valence electrons. The van der Waals surface area contributed by atoms with Crippen molar-refractivity contribution >= 4 is 22.8 Å². The molecule has 0 aliphatic heterocycles. The Kier molecular flexibility index (Phi) is 4.05. The molecule has 1 fully saturated rings. The molecule has 0 amide bonds. The Bertz CT molecular complexity index is 889. The van der Waals surface area contributed by atoms with Gasteiger partial charge in [0.05, 0.1) is 18.7 Å². The molecular formula is C18H19N5O2. The van der Waals surface area contributed by atoms with Gasteiger partial charge in [-0.15, -0.1) is 0 Å². The minimum atomic E-state index is -0.353. The van der Waals surface area contributed by atoms with E-state index in [-0.39, 0.29) is 12.5 Å². The van der Waals surface area contributed by atoms with Crippen molar-refractivity contribution in [3.8, 4) is 0 Å². The quantitative estimate of drug-likeness (QED) is 0.642. The minimum Gasteiger partial charge on any atom is -0.468 e. The first-order chi connectivity index (χ1) is 12.3. The summed E-state index contributed by atoms with van der Waals surface area (Å²) in [5.74, 6) is 0.515. The van der Waals surface area contributed by atoms with Crippen LogP contribution < -0.4 is 4.90 Å². The number of fused-ring (bicyclic) bond motifs is 1. The van der Waals surface area contributed by atoms with E-state index in [2.05, 4.69) is 32.1 Å². The molecule has 0 atom stereocenters. The maximum Gasteiger partial charge on any atom is 0.327 e. The van der Waals surface area contributed by atoms with E-state index in [1.807, 2.05) is 18.2 Å². The van der Waals surface area contributed by atoms with Gasteiger partial charge in [0.15, 0.2) is 5.65 Å². The highest BCUT2D eigenvalue weighted by atomic mass is 16.5. The third-order valence-corrected chi connectivity index (χ3v) is 4.37. The fourth-order valence-electron chi connectivity index (χ4n) is 2.96. The molecule has 2 heterocycles. The molecule has 3 aromatic rings. The van der Waals surface area contributed by atoms with Gasteiger partial charge in [-0.05, 0) is 18.4 Å². The zero-order chi connectivity index (χ0) is 17.2. The second kappa shape index (κ2) is 6.51. The molecule has 1 aliphatic rings. The van der Waals surface area contributed by atoms with Gasteiger partial charge in [-0.3, -0.25) is 4.79 Å². The molecule has 0 bridgehead atoms. The standard InChI is InChI=1S/C18H19N5O2/c1-25-16(24)11-23-18-15(9-21-23)17(19-12-20-18)22(14-7-8-14)10-13-5-3-2-4-6-13/h2-6,9,12,14H,7-8,10-11H2,1H3. The number of benzene rings is 1. The Morgan fingerprint density at radius 2 is 2.08 bits per heavy atom. The lowest BCUT2D eigenvalue weighted by molar-refractivity contribution is -0.141. The summed E-state index contributed by atoms with van der Waals surface area (Å²) in [4.78, 5) is 22.7. The molecule has 0 saturated heterocycles. The van der Waals surface area contributed by atoms with E-state index in [1.54, 1.807) is 10.9 Å². The van der Waals surface area contributed by atoms with Gasteiger partial charge in [0.2, 0.25) is 0 Å². The maximum absolute atomic E-state index is 11.6. The fourth-order valence-corrected chi connectivity index (χ4v) is 2.96. The molecule has 1 aliphatic carbocycles. The summed E-state index contributed by atoms with van der Waals surface area (Å²) in [7, 11) is 1.36. The maximum atomic E-state index is 11.6. The Morgan fingerprint density at radius 1 is 1.28 bits per heavy atom. The Balaban J connectivity index is 1.70. The number of anilines is 1. The normalized spacial score (nSPS) is 13.8. The fraction of sp³-hybridized carbons (Fsp3) is 0.333. The number of hydrogen-bond acceptors (Lipinski definition) is 6. The average Bonchev–Trinajstić information content (AvgIpc) is 3.42. The third-order valence-electron chi connectivity index (χ3n) is 4.37. The molecule has 25 heavy (non-hydrogen) atoms. The van der Waals surface area contributed by atoms with E-state index in [9.17, 15) is 4.79 Å². The number of esters is 1. The van der Waals surface area contributed by atoms with Gasteiger partial charge in [0.1, 0.15) is 18.7 Å². The van der Waals surface area contributed by atoms with Gasteiger partial charge in [-0.2, -0.15) is 5.10 Å². The zero-order valence-corrected chi connectivity index (χ0v) is 14.0. The average molecular weight is 337 g/mol. The van der Waals surface area contributed by atoms with Crippen molar-refractivity contribution in [2.75, 3.05) is 12.0 Å². The molecule has 7 nitrogen and oxygen atoms in total. The monoisotopic (exact) mass is 337 g/mol. The summed E-state index contributed by atoms with van der Waals surface area (Å²) >= 11 is 0. The summed E-state index contributed by atoms with van der Waals surface area (Å²) in [5, 5.41) is 5.16. The number of carbonyl (C=O) groups is 1. The van der Waals surface area contributed by atoms with E-state index in [0.717, 1.165) is 30.6 Å². The summed E-state index contributed by atoms with van der Waals surface area (Å²) < 4.78 is 6.28.